The van der Waals surface area contributed by atoms with Crippen molar-refractivity contribution >= 4 is 45.0 Å². The van der Waals surface area contributed by atoms with Crippen molar-refractivity contribution in [1.29, 1.82) is 0 Å². The number of hydrogen-bond acceptors (Lipinski definition) is 8. The summed E-state index contributed by atoms with van der Waals surface area (Å²) in [6.07, 6.45) is 0. The molecule has 164 valence electrons. The summed E-state index contributed by atoms with van der Waals surface area (Å²) in [6, 6.07) is 11.2. The molecule has 0 bridgehead atoms. The minimum Gasteiger partial charge on any atom is -0.497 e. The van der Waals surface area contributed by atoms with Crippen LogP contribution in [-0.2, 0) is 14.8 Å². The monoisotopic (exact) mass is 482 g/mol. The Balaban J connectivity index is 1.70. The molecule has 1 amide bonds. The van der Waals surface area contributed by atoms with E-state index in [1.165, 1.54) is 37.0 Å². The predicted octanol–water partition coefficient (Wildman–Crippen LogP) is 2.31. The Morgan fingerprint density at radius 1 is 1.23 bits per heavy atom. The molecule has 1 heterocycles. The molecule has 2 aromatic carbocycles. The Morgan fingerprint density at radius 3 is 2.58 bits per heavy atom. The lowest BCUT2D eigenvalue weighted by Gasteiger charge is -2.13. The number of carbonyl (C=O) groups excluding carboxylic acids is 1. The summed E-state index contributed by atoms with van der Waals surface area (Å²) in [7, 11) is 0.756. The second-order valence-corrected chi connectivity index (χ2v) is 9.84. The zero-order chi connectivity index (χ0) is 22.6. The number of aromatic nitrogens is 4. The minimum absolute atomic E-state index is 0.0164. The zero-order valence-electron chi connectivity index (χ0n) is 16.8. The lowest BCUT2D eigenvalue weighted by atomic mass is 10.3. The SMILES string of the molecule is COc1ccc(-n2nnnc2SCC(=O)Nc2cc(S(=O)(=O)N(C)C)ccc2Cl)cc1. The van der Waals surface area contributed by atoms with Crippen LogP contribution in [0.5, 0.6) is 5.75 Å². The van der Waals surface area contributed by atoms with Crippen molar-refractivity contribution in [2.45, 2.75) is 10.1 Å². The van der Waals surface area contributed by atoms with Crippen LogP contribution in [0.2, 0.25) is 5.02 Å². The molecule has 0 aliphatic heterocycles. The molecule has 0 unspecified atom stereocenters. The van der Waals surface area contributed by atoms with Gasteiger partial charge >= 0.3 is 0 Å². The number of halogens is 1. The number of benzene rings is 2. The van der Waals surface area contributed by atoms with Crippen LogP contribution in [0, 0.1) is 0 Å². The molecule has 0 spiro atoms. The number of tetrazole rings is 1. The fourth-order valence-corrected chi connectivity index (χ4v) is 4.23. The molecule has 3 rings (SSSR count). The average Bonchev–Trinajstić information content (AvgIpc) is 3.22. The maximum atomic E-state index is 12.4. The molecule has 0 aliphatic rings. The highest BCUT2D eigenvalue weighted by atomic mass is 35.5. The Hall–Kier alpha value is -2.67. The summed E-state index contributed by atoms with van der Waals surface area (Å²) in [5.41, 5.74) is 0.906. The molecule has 31 heavy (non-hydrogen) atoms. The number of amides is 1. The van der Waals surface area contributed by atoms with Gasteiger partial charge < -0.3 is 10.1 Å². The highest BCUT2D eigenvalue weighted by Gasteiger charge is 2.19. The summed E-state index contributed by atoms with van der Waals surface area (Å²) in [6.45, 7) is 0. The van der Waals surface area contributed by atoms with E-state index in [1.54, 1.807) is 31.4 Å². The number of methoxy groups -OCH3 is 1. The van der Waals surface area contributed by atoms with Crippen LogP contribution in [0.4, 0.5) is 5.69 Å². The van der Waals surface area contributed by atoms with Gasteiger partial charge in [-0.1, -0.05) is 23.4 Å². The molecule has 0 aliphatic carbocycles. The van der Waals surface area contributed by atoms with Crippen LogP contribution in [0.25, 0.3) is 5.69 Å². The lowest BCUT2D eigenvalue weighted by Crippen LogP contribution is -2.22. The maximum absolute atomic E-state index is 12.4. The van der Waals surface area contributed by atoms with Crippen molar-refractivity contribution in [3.8, 4) is 11.4 Å². The highest BCUT2D eigenvalue weighted by molar-refractivity contribution is 7.99. The number of carbonyl (C=O) groups is 1. The molecule has 0 radical (unpaired) electrons. The Kier molecular flexibility index (Phi) is 7.15. The molecule has 1 N–H and O–H groups in total. The van der Waals surface area contributed by atoms with Crippen molar-refractivity contribution in [3.63, 3.8) is 0 Å². The Bertz CT molecular complexity index is 1180. The lowest BCUT2D eigenvalue weighted by molar-refractivity contribution is -0.113. The van der Waals surface area contributed by atoms with Gasteiger partial charge in [0.15, 0.2) is 0 Å². The average molecular weight is 483 g/mol. The standard InChI is InChI=1S/C18H19ClN6O4S2/c1-24(2)31(27,28)14-8-9-15(19)16(10-14)20-17(26)11-30-18-21-22-23-25(18)12-4-6-13(29-3)7-5-12/h4-10H,11H2,1-3H3,(H,20,26). The maximum Gasteiger partial charge on any atom is 0.242 e. The van der Waals surface area contributed by atoms with E-state index in [0.717, 1.165) is 16.1 Å². The van der Waals surface area contributed by atoms with Crippen molar-refractivity contribution in [2.75, 3.05) is 32.3 Å². The van der Waals surface area contributed by atoms with Crippen molar-refractivity contribution in [3.05, 3.63) is 47.5 Å². The number of thioether (sulfide) groups is 1. The van der Waals surface area contributed by atoms with Crippen LogP contribution in [0.1, 0.15) is 0 Å². The molecule has 10 nitrogen and oxygen atoms in total. The number of anilines is 1. The topological polar surface area (TPSA) is 119 Å². The van der Waals surface area contributed by atoms with Crippen LogP contribution in [0.15, 0.2) is 52.5 Å². The molecular formula is C18H19ClN6O4S2. The molecule has 13 heteroatoms. The van der Waals surface area contributed by atoms with E-state index in [1.807, 2.05) is 0 Å². The summed E-state index contributed by atoms with van der Waals surface area (Å²) < 4.78 is 32.3. The Morgan fingerprint density at radius 2 is 1.94 bits per heavy atom. The smallest absolute Gasteiger partial charge is 0.242 e. The van der Waals surface area contributed by atoms with Gasteiger partial charge in [-0.15, -0.1) is 5.10 Å². The zero-order valence-corrected chi connectivity index (χ0v) is 19.2. The second-order valence-electron chi connectivity index (χ2n) is 6.34. The van der Waals surface area contributed by atoms with E-state index >= 15 is 0 Å². The van der Waals surface area contributed by atoms with E-state index in [4.69, 9.17) is 16.3 Å². The third-order valence-electron chi connectivity index (χ3n) is 4.08. The van der Waals surface area contributed by atoms with Gasteiger partial charge in [-0.2, -0.15) is 4.68 Å². The summed E-state index contributed by atoms with van der Waals surface area (Å²) in [5, 5.41) is 14.8. The number of sulfonamides is 1. The molecule has 0 atom stereocenters. The van der Waals surface area contributed by atoms with Crippen LogP contribution in [-0.4, -0.2) is 65.8 Å². The first-order valence-electron chi connectivity index (χ1n) is 8.80. The van der Waals surface area contributed by atoms with Gasteiger partial charge in [0, 0.05) is 14.1 Å². The third kappa shape index (κ3) is 5.34. The van der Waals surface area contributed by atoms with E-state index < -0.39 is 15.9 Å². The number of nitrogens with zero attached hydrogens (tertiary/aromatic N) is 5. The largest absolute Gasteiger partial charge is 0.497 e. The molecule has 1 aromatic heterocycles. The predicted molar refractivity (Wildman–Crippen MR) is 117 cm³/mol. The van der Waals surface area contributed by atoms with Crippen molar-refractivity contribution < 1.29 is 17.9 Å². The van der Waals surface area contributed by atoms with Crippen LogP contribution >= 0.6 is 23.4 Å². The normalized spacial score (nSPS) is 11.5. The fourth-order valence-electron chi connectivity index (χ4n) is 2.44. The molecular weight excluding hydrogens is 464 g/mol. The first kappa shape index (κ1) is 23.0. The van der Waals surface area contributed by atoms with Gasteiger partial charge in [0.1, 0.15) is 5.75 Å². The quantitative estimate of drug-likeness (QED) is 0.486. The third-order valence-corrected chi connectivity index (χ3v) is 7.14. The summed E-state index contributed by atoms with van der Waals surface area (Å²) in [4.78, 5) is 12.5. The number of nitrogens with one attached hydrogen (secondary N) is 1. The van der Waals surface area contributed by atoms with Crippen LogP contribution in [0.3, 0.4) is 0 Å². The fraction of sp³-hybridized carbons (Fsp3) is 0.222. The van der Waals surface area contributed by atoms with E-state index in [0.29, 0.717) is 16.6 Å². The van der Waals surface area contributed by atoms with Gasteiger partial charge in [0.05, 0.1) is 34.2 Å². The first-order chi connectivity index (χ1) is 14.7. The molecule has 0 saturated carbocycles. The van der Waals surface area contributed by atoms with E-state index in [9.17, 15) is 13.2 Å². The molecule has 0 saturated heterocycles. The van der Waals surface area contributed by atoms with Gasteiger partial charge in [-0.3, -0.25) is 4.79 Å². The highest BCUT2D eigenvalue weighted by Crippen LogP contribution is 2.27. The minimum atomic E-state index is -3.66. The second kappa shape index (κ2) is 9.64. The molecule has 3 aromatic rings. The van der Waals surface area contributed by atoms with Gasteiger partial charge in [-0.25, -0.2) is 12.7 Å². The van der Waals surface area contributed by atoms with Gasteiger partial charge in [-0.05, 0) is 52.9 Å². The van der Waals surface area contributed by atoms with Crippen molar-refractivity contribution in [1.82, 2.24) is 24.5 Å². The number of hydrogen-bond donors (Lipinski definition) is 1. The molecule has 0 fully saturated rings. The number of ether oxygens (including phenoxy) is 1. The van der Waals surface area contributed by atoms with Gasteiger partial charge in [0.2, 0.25) is 21.1 Å². The van der Waals surface area contributed by atoms with E-state index in [-0.39, 0.29) is 21.4 Å². The summed E-state index contributed by atoms with van der Waals surface area (Å²) >= 11 is 7.24. The van der Waals surface area contributed by atoms with Crippen molar-refractivity contribution in [2.24, 2.45) is 0 Å². The van der Waals surface area contributed by atoms with Gasteiger partial charge in [0.25, 0.3) is 0 Å². The summed E-state index contributed by atoms with van der Waals surface area (Å²) in [5.74, 6) is 0.286. The number of rotatable bonds is 8. The first-order valence-corrected chi connectivity index (χ1v) is 11.6. The van der Waals surface area contributed by atoms with E-state index in [2.05, 4.69) is 20.8 Å². The Labute approximate surface area is 188 Å². The van der Waals surface area contributed by atoms with Crippen LogP contribution < -0.4 is 10.1 Å².